The molecule has 0 atom stereocenters. The third kappa shape index (κ3) is 3.24. The van der Waals surface area contributed by atoms with E-state index in [1.807, 2.05) is 24.3 Å². The lowest BCUT2D eigenvalue weighted by Crippen LogP contribution is -2.14. The molecule has 0 saturated heterocycles. The molecule has 1 heterocycles. The van der Waals surface area contributed by atoms with Gasteiger partial charge in [0, 0.05) is 23.0 Å². The summed E-state index contributed by atoms with van der Waals surface area (Å²) in [7, 11) is 0. The van der Waals surface area contributed by atoms with Crippen molar-refractivity contribution in [3.8, 4) is 5.75 Å². The lowest BCUT2D eigenvalue weighted by Gasteiger charge is -2.08. The molecule has 3 N–H and O–H groups in total. The highest BCUT2D eigenvalue weighted by Gasteiger charge is 2.17. The van der Waals surface area contributed by atoms with Gasteiger partial charge in [-0.05, 0) is 46.1 Å². The van der Waals surface area contributed by atoms with Crippen LogP contribution < -0.4 is 5.73 Å². The minimum absolute atomic E-state index is 0.138. The number of nitrogens with zero attached hydrogens (tertiary/aromatic N) is 1. The summed E-state index contributed by atoms with van der Waals surface area (Å²) in [4.78, 5) is 11.4. The third-order valence-corrected chi connectivity index (χ3v) is 4.81. The second-order valence-electron chi connectivity index (χ2n) is 5.50. The van der Waals surface area contributed by atoms with Crippen LogP contribution in [0.25, 0.3) is 10.9 Å². The Hall–Kier alpha value is -2.27. The van der Waals surface area contributed by atoms with Gasteiger partial charge in [0.15, 0.2) is 0 Å². The first-order valence-corrected chi connectivity index (χ1v) is 8.17. The van der Waals surface area contributed by atoms with Gasteiger partial charge in [-0.1, -0.05) is 30.3 Å². The molecular weight excluding hydrogens is 356 g/mol. The number of carbonyl (C=O) groups excluding carboxylic acids is 1. The van der Waals surface area contributed by atoms with Gasteiger partial charge in [0.25, 0.3) is 0 Å². The summed E-state index contributed by atoms with van der Waals surface area (Å²) in [5.74, 6) is -0.216. The Morgan fingerprint density at radius 2 is 1.91 bits per heavy atom. The second-order valence-corrected chi connectivity index (χ2v) is 6.25. The molecule has 0 fully saturated rings. The van der Waals surface area contributed by atoms with Gasteiger partial charge in [0.1, 0.15) is 5.75 Å². The van der Waals surface area contributed by atoms with Gasteiger partial charge in [-0.3, -0.25) is 4.79 Å². The third-order valence-electron chi connectivity index (χ3n) is 3.90. The van der Waals surface area contributed by atoms with Gasteiger partial charge < -0.3 is 15.4 Å². The number of aryl methyl sites for hydroxylation is 2. The molecule has 1 amide bonds. The zero-order valence-electron chi connectivity index (χ0n) is 12.5. The Bertz CT molecular complexity index is 856. The molecule has 2 aromatic carbocycles. The molecule has 0 bridgehead atoms. The standard InChI is InChI=1S/C18H17BrN2O2/c19-18-15(11-17(20)23)14-10-13(22)6-7-16(14)21(18)9-8-12-4-2-1-3-5-12/h1-7,10,22H,8-9,11H2,(H2,20,23). The van der Waals surface area contributed by atoms with Crippen LogP contribution in [0.3, 0.4) is 0 Å². The molecule has 0 saturated carbocycles. The molecule has 1 aromatic heterocycles. The predicted molar refractivity (Wildman–Crippen MR) is 94.3 cm³/mol. The monoisotopic (exact) mass is 372 g/mol. The van der Waals surface area contributed by atoms with Gasteiger partial charge in [0.2, 0.25) is 5.91 Å². The Morgan fingerprint density at radius 1 is 1.17 bits per heavy atom. The molecule has 4 nitrogen and oxygen atoms in total. The van der Waals surface area contributed by atoms with E-state index in [0.717, 1.165) is 34.0 Å². The number of carbonyl (C=O) groups is 1. The maximum absolute atomic E-state index is 11.4. The highest BCUT2D eigenvalue weighted by atomic mass is 79.9. The average Bonchev–Trinajstić information content (AvgIpc) is 2.78. The Labute approximate surface area is 142 Å². The van der Waals surface area contributed by atoms with Crippen molar-refractivity contribution in [1.29, 1.82) is 0 Å². The van der Waals surface area contributed by atoms with Crippen LogP contribution in [0.4, 0.5) is 0 Å². The van der Waals surface area contributed by atoms with Crippen LogP contribution >= 0.6 is 15.9 Å². The van der Waals surface area contributed by atoms with E-state index in [1.54, 1.807) is 12.1 Å². The number of phenolic OH excluding ortho intramolecular Hbond substituents is 1. The summed E-state index contributed by atoms with van der Waals surface area (Å²) in [5, 5.41) is 10.6. The number of primary amides is 1. The maximum atomic E-state index is 11.4. The molecule has 0 unspecified atom stereocenters. The maximum Gasteiger partial charge on any atom is 0.221 e. The van der Waals surface area contributed by atoms with E-state index < -0.39 is 5.91 Å². The number of fused-ring (bicyclic) bond motifs is 1. The topological polar surface area (TPSA) is 68.2 Å². The second kappa shape index (κ2) is 6.46. The molecular formula is C18H17BrN2O2. The molecule has 0 spiro atoms. The van der Waals surface area contributed by atoms with Crippen LogP contribution in [-0.2, 0) is 24.2 Å². The fourth-order valence-corrected chi connectivity index (χ4v) is 3.55. The van der Waals surface area contributed by atoms with Crippen molar-refractivity contribution in [1.82, 2.24) is 4.57 Å². The minimum Gasteiger partial charge on any atom is -0.508 e. The van der Waals surface area contributed by atoms with Crippen molar-refractivity contribution in [3.05, 3.63) is 64.3 Å². The van der Waals surface area contributed by atoms with Crippen LogP contribution in [0, 0.1) is 0 Å². The van der Waals surface area contributed by atoms with Crippen molar-refractivity contribution in [2.24, 2.45) is 5.73 Å². The van der Waals surface area contributed by atoms with Crippen molar-refractivity contribution < 1.29 is 9.90 Å². The van der Waals surface area contributed by atoms with E-state index in [4.69, 9.17) is 5.73 Å². The van der Waals surface area contributed by atoms with Crippen LogP contribution in [0.5, 0.6) is 5.75 Å². The number of hydrogen-bond donors (Lipinski definition) is 2. The number of nitrogens with two attached hydrogens (primary N) is 1. The number of amides is 1. The quantitative estimate of drug-likeness (QED) is 0.720. The normalized spacial score (nSPS) is 11.0. The fraction of sp³-hybridized carbons (Fsp3) is 0.167. The van der Waals surface area contributed by atoms with Gasteiger partial charge in [-0.25, -0.2) is 0 Å². The SMILES string of the molecule is NC(=O)Cc1c(Br)n(CCc2ccccc2)c2ccc(O)cc12. The van der Waals surface area contributed by atoms with Crippen LogP contribution in [0.2, 0.25) is 0 Å². The van der Waals surface area contributed by atoms with E-state index in [9.17, 15) is 9.90 Å². The van der Waals surface area contributed by atoms with Gasteiger partial charge in [-0.15, -0.1) is 0 Å². The molecule has 23 heavy (non-hydrogen) atoms. The average molecular weight is 373 g/mol. The Balaban J connectivity index is 2.02. The van der Waals surface area contributed by atoms with Crippen molar-refractivity contribution in [3.63, 3.8) is 0 Å². The lowest BCUT2D eigenvalue weighted by atomic mass is 10.1. The lowest BCUT2D eigenvalue weighted by molar-refractivity contribution is -0.117. The molecule has 118 valence electrons. The number of hydrogen-bond acceptors (Lipinski definition) is 2. The highest BCUT2D eigenvalue weighted by Crippen LogP contribution is 2.33. The molecule has 0 aliphatic heterocycles. The number of halogens is 1. The molecule has 3 rings (SSSR count). The molecule has 5 heteroatoms. The summed E-state index contributed by atoms with van der Waals surface area (Å²) in [5.41, 5.74) is 8.40. The van der Waals surface area contributed by atoms with E-state index in [2.05, 4.69) is 32.6 Å². The van der Waals surface area contributed by atoms with Crippen LogP contribution in [0.1, 0.15) is 11.1 Å². The van der Waals surface area contributed by atoms with E-state index >= 15 is 0 Å². The van der Waals surface area contributed by atoms with E-state index in [1.165, 1.54) is 5.56 Å². The zero-order valence-corrected chi connectivity index (χ0v) is 14.1. The van der Waals surface area contributed by atoms with Crippen molar-refractivity contribution in [2.45, 2.75) is 19.4 Å². The summed E-state index contributed by atoms with van der Waals surface area (Å²) >= 11 is 3.59. The van der Waals surface area contributed by atoms with Gasteiger partial charge in [0.05, 0.1) is 11.0 Å². The number of aromatic hydroxyl groups is 1. The summed E-state index contributed by atoms with van der Waals surface area (Å²) in [6.07, 6.45) is 1.01. The van der Waals surface area contributed by atoms with Gasteiger partial charge >= 0.3 is 0 Å². The predicted octanol–water partition coefficient (Wildman–Crippen LogP) is 3.38. The zero-order chi connectivity index (χ0) is 16.4. The van der Waals surface area contributed by atoms with Gasteiger partial charge in [-0.2, -0.15) is 0 Å². The van der Waals surface area contributed by atoms with E-state index in [-0.39, 0.29) is 12.2 Å². The van der Waals surface area contributed by atoms with Crippen molar-refractivity contribution in [2.75, 3.05) is 0 Å². The molecule has 0 radical (unpaired) electrons. The fourth-order valence-electron chi connectivity index (χ4n) is 2.83. The molecule has 3 aromatic rings. The summed E-state index contributed by atoms with van der Waals surface area (Å²) in [6.45, 7) is 0.768. The Morgan fingerprint density at radius 3 is 2.61 bits per heavy atom. The minimum atomic E-state index is -0.392. The number of benzene rings is 2. The largest absolute Gasteiger partial charge is 0.508 e. The van der Waals surface area contributed by atoms with Crippen molar-refractivity contribution >= 4 is 32.7 Å². The first kappa shape index (κ1) is 15.6. The van der Waals surface area contributed by atoms with Crippen LogP contribution in [-0.4, -0.2) is 15.6 Å². The summed E-state index contributed by atoms with van der Waals surface area (Å²) in [6, 6.07) is 15.4. The number of phenols is 1. The van der Waals surface area contributed by atoms with E-state index in [0.29, 0.717) is 0 Å². The smallest absolute Gasteiger partial charge is 0.221 e. The summed E-state index contributed by atoms with van der Waals surface area (Å²) < 4.78 is 2.95. The van der Waals surface area contributed by atoms with Crippen LogP contribution in [0.15, 0.2) is 53.1 Å². The first-order valence-electron chi connectivity index (χ1n) is 7.38. The first-order chi connectivity index (χ1) is 11.1. The highest BCUT2D eigenvalue weighted by molar-refractivity contribution is 9.10. The molecule has 0 aliphatic rings. The Kier molecular flexibility index (Phi) is 4.39. The number of aromatic nitrogens is 1. The molecule has 0 aliphatic carbocycles. The number of rotatable bonds is 5.